The highest BCUT2D eigenvalue weighted by atomic mass is 19.1. The highest BCUT2D eigenvalue weighted by Gasteiger charge is 2.48. The highest BCUT2D eigenvalue weighted by molar-refractivity contribution is 5.96. The number of carboxylic acid groups (broad SMARTS) is 1. The molecule has 8 atom stereocenters. The first-order chi connectivity index (χ1) is 62.6. The van der Waals surface area contributed by atoms with Gasteiger partial charge in [0.2, 0.25) is 29.5 Å². The third-order valence-electron chi connectivity index (χ3n) is 21.4. The van der Waals surface area contributed by atoms with Crippen LogP contribution in [0.15, 0.2) is 109 Å². The molecule has 0 spiro atoms. The number of hydrogen-bond acceptors (Lipinski definition) is 21. The first-order valence-electron chi connectivity index (χ1n) is 46.4. The molecule has 31 nitrogen and oxygen atoms in total. The number of rotatable bonds is 42. The number of Topliss-reactive ketones (excluding diaryl/α,β-unsaturated/α-hetero) is 2. The minimum absolute atomic E-state index is 0.0180. The molecule has 0 aliphatic carbocycles. The van der Waals surface area contributed by atoms with Gasteiger partial charge < -0.3 is 86.3 Å². The van der Waals surface area contributed by atoms with Crippen molar-refractivity contribution in [1.82, 2.24) is 52.8 Å². The van der Waals surface area contributed by atoms with Crippen molar-refractivity contribution >= 4 is 83.4 Å². The first kappa shape index (κ1) is 114. The van der Waals surface area contributed by atoms with Gasteiger partial charge in [0.05, 0.1) is 34.8 Å². The van der Waals surface area contributed by atoms with Crippen molar-refractivity contribution in [1.29, 1.82) is 0 Å². The minimum atomic E-state index is -1.45. The summed E-state index contributed by atoms with van der Waals surface area (Å²) >= 11 is 0. The standard InChI is InChI=1S/C49H72FN5O10.C37H52FN3O7.C12H22N2O4.CH3F/c1-32(2)28-36(31-40(56)39(30-34-16-12-11-13-17-34)53-41(57)33(3)29-35-19-21-37(50)22-20-35)42(58)52-38(18-14-15-25-51-45(61)64-47(4,5)6)43(59)55-26-23-49(24-27-55,44(60)63-10)54-46(62)65-48(7,8)9;1-24(2)20-28(34(44)40-30(35(45)46)14-10-11-19-39-36(47)48-37(4,5)6)23-32(42)31(22-26-12-8-7-9-13-26)41-33(43)25(3)21-27-15-17-29(38)18-16-27;1-11(2,3)18-10(16)14-12(9(15)17-4)5-7-13-8-6-12;1-2/h11-13,16-17,19-22,32-33,36,38-39H,14-15,18,23-31H2,1-10H3,(H,51,61)(H,52,58)(H,53,57)(H,54,62);7-9,12-13,15-18,24-25,28,30-31H,10-11,14,19-23H2,1-6H3,(H,39,47)(H,40,44)(H,41,43)(H,45,46);13H,5-8H2,1-4H3,(H,14,16);1H3/t33-,36+,38-,39-;25-,28+,30-,31-;;/m11../s1/i;;;1D. The van der Waals surface area contributed by atoms with Crippen LogP contribution in [0.5, 0.6) is 0 Å². The van der Waals surface area contributed by atoms with E-state index in [0.717, 1.165) is 22.3 Å². The lowest BCUT2D eigenvalue weighted by Gasteiger charge is -2.41. The SMILES string of the molecule is CC(C)C[C@@H](CC(=O)[C@@H](Cc1ccccc1)NC(=O)[C@H](C)Cc1ccc(F)cc1)C(=O)N[C@H](CCCCNC(=O)OC(C)(C)C)C(=O)O.COC(=O)C1(NC(=O)OC(C)(C)C)CCN(C(=O)[C@@H](CCCCNC(=O)OC(C)(C)C)NC(=O)[C@H](CC(=O)[C@@H](Cc2ccccc2)NC(=O)[C@H](C)Cc2ccc(F)cc2)CC(C)C)CC1.COC(=O)C1(NC(=O)OC(C)(C)C)CCNCC1.[2H]CF. The fourth-order valence-electron chi connectivity index (χ4n) is 14.8. The van der Waals surface area contributed by atoms with Gasteiger partial charge in [0.15, 0.2) is 11.6 Å². The number of amides is 9. The van der Waals surface area contributed by atoms with Crippen molar-refractivity contribution in [3.8, 4) is 0 Å². The summed E-state index contributed by atoms with van der Waals surface area (Å²) in [5, 5.41) is 35.0. The fourth-order valence-corrected chi connectivity index (χ4v) is 14.8. The molecule has 0 unspecified atom stereocenters. The number of ether oxygens (including phenoxy) is 6. The number of likely N-dealkylation sites (tertiary alicyclic amines) is 1. The third-order valence-corrected chi connectivity index (χ3v) is 21.4. The van der Waals surface area contributed by atoms with Crippen molar-refractivity contribution in [2.45, 2.75) is 298 Å². The quantitative estimate of drug-likeness (QED) is 0.0112. The molecule has 0 aromatic heterocycles. The lowest BCUT2D eigenvalue weighted by molar-refractivity contribution is -0.153. The molecule has 2 aliphatic rings. The number of piperidine rings is 2. The molecule has 2 aliphatic heterocycles. The monoisotopic (exact) mass is 1870 g/mol. The maximum Gasteiger partial charge on any atom is 0.408 e. The van der Waals surface area contributed by atoms with Gasteiger partial charge in [0, 0.05) is 62.7 Å². The molecule has 6 rings (SSSR count). The number of nitrogens with zero attached hydrogens (tertiary/aromatic N) is 1. The topological polar surface area (TPSA) is 426 Å². The number of esters is 2. The molecule has 2 fully saturated rings. The van der Waals surface area contributed by atoms with Gasteiger partial charge in [-0.3, -0.25) is 38.0 Å². The molecule has 34 heteroatoms. The number of aliphatic carboxylic acids is 1. The van der Waals surface area contributed by atoms with E-state index in [1.165, 1.54) is 43.4 Å². The molecule has 0 saturated carbocycles. The van der Waals surface area contributed by atoms with Gasteiger partial charge >= 0.3 is 42.3 Å². The van der Waals surface area contributed by atoms with Crippen molar-refractivity contribution in [2.75, 3.05) is 60.6 Å². The average Bonchev–Trinajstić information content (AvgIpc) is 0.789. The Morgan fingerprint density at radius 1 is 0.436 bits per heavy atom. The van der Waals surface area contributed by atoms with Crippen molar-refractivity contribution in [3.05, 3.63) is 143 Å². The second-order valence-corrected chi connectivity index (χ2v) is 38.7. The Kier molecular flexibility index (Phi) is 48.7. The maximum absolute atomic E-state index is 14.4. The van der Waals surface area contributed by atoms with Gasteiger partial charge in [-0.2, -0.15) is 0 Å². The zero-order valence-electron chi connectivity index (χ0n) is 82.5. The summed E-state index contributed by atoms with van der Waals surface area (Å²) in [5.74, 6) is -8.57. The number of alkyl halides is 1. The number of alkyl carbamates (subject to hydrolysis) is 4. The van der Waals surface area contributed by atoms with E-state index in [2.05, 4.69) is 47.9 Å². The van der Waals surface area contributed by atoms with E-state index in [0.29, 0.717) is 77.3 Å². The van der Waals surface area contributed by atoms with Crippen LogP contribution in [-0.2, 0) is 102 Å². The van der Waals surface area contributed by atoms with E-state index >= 15 is 0 Å². The van der Waals surface area contributed by atoms with E-state index in [-0.39, 0.29) is 124 Å². The molecule has 2 heterocycles. The maximum atomic E-state index is 14.4. The Labute approximate surface area is 784 Å². The lowest BCUT2D eigenvalue weighted by Crippen LogP contribution is -2.62. The van der Waals surface area contributed by atoms with E-state index in [4.69, 9.17) is 29.8 Å². The number of halogens is 3. The van der Waals surface area contributed by atoms with E-state index in [9.17, 15) is 85.4 Å². The smallest absolute Gasteiger partial charge is 0.408 e. The summed E-state index contributed by atoms with van der Waals surface area (Å²) in [4.78, 5) is 184. The average molecular weight is 1870 g/mol. The Morgan fingerprint density at radius 3 is 1.08 bits per heavy atom. The van der Waals surface area contributed by atoms with E-state index in [1.54, 1.807) is 121 Å². The second kappa shape index (κ2) is 56.7. The molecule has 0 radical (unpaired) electrons. The highest BCUT2D eigenvalue weighted by Crippen LogP contribution is 2.29. The van der Waals surface area contributed by atoms with Crippen LogP contribution in [0.1, 0.15) is 238 Å². The van der Waals surface area contributed by atoms with Crippen LogP contribution in [0.2, 0.25) is 0 Å². The Balaban J connectivity index is 0.000000582. The summed E-state index contributed by atoms with van der Waals surface area (Å²) in [5.41, 5.74) is -1.96. The van der Waals surface area contributed by atoms with Gasteiger partial charge in [0.25, 0.3) is 0 Å². The van der Waals surface area contributed by atoms with Crippen LogP contribution < -0.4 is 47.9 Å². The molecule has 10 N–H and O–H groups in total. The fraction of sp³-hybridized carbons (Fsp3) is 0.616. The molecular formula is C99H149F3N10O21. The van der Waals surface area contributed by atoms with Gasteiger partial charge in [0.1, 0.15) is 57.2 Å². The molecule has 0 bridgehead atoms. The number of carbonyl (C=O) groups excluding carboxylic acids is 13. The third kappa shape index (κ3) is 45.9. The van der Waals surface area contributed by atoms with Crippen molar-refractivity contribution in [3.63, 3.8) is 0 Å². The van der Waals surface area contributed by atoms with Crippen LogP contribution in [0.3, 0.4) is 0 Å². The number of hydrogen-bond donors (Lipinski definition) is 10. The van der Waals surface area contributed by atoms with Gasteiger partial charge in [-0.1, -0.05) is 126 Å². The normalized spacial score (nSPS) is 15.4. The van der Waals surface area contributed by atoms with Crippen molar-refractivity contribution in [2.24, 2.45) is 35.5 Å². The summed E-state index contributed by atoms with van der Waals surface area (Å²) in [7, 11) is 1.54. The number of nitrogens with one attached hydrogen (secondary N) is 9. The molecule has 4 aromatic rings. The van der Waals surface area contributed by atoms with Crippen LogP contribution in [0, 0.1) is 47.1 Å². The van der Waals surface area contributed by atoms with Crippen molar-refractivity contribution < 1.29 is 115 Å². The summed E-state index contributed by atoms with van der Waals surface area (Å²) < 4.78 is 73.4. The summed E-state index contributed by atoms with van der Waals surface area (Å²) in [6.07, 6.45) is 1.96. The summed E-state index contributed by atoms with van der Waals surface area (Å²) in [6.45, 7) is 34.1. The van der Waals surface area contributed by atoms with Gasteiger partial charge in [-0.05, 0) is 257 Å². The number of carboxylic acids is 1. The molecule has 2 saturated heterocycles. The van der Waals surface area contributed by atoms with Crippen LogP contribution in [-0.4, -0.2) is 212 Å². The lowest BCUT2D eigenvalue weighted by atomic mass is 9.86. The Morgan fingerprint density at radius 2 is 0.752 bits per heavy atom. The van der Waals surface area contributed by atoms with Gasteiger partial charge in [-0.25, -0.2) is 42.3 Å². The molecule has 133 heavy (non-hydrogen) atoms. The zero-order chi connectivity index (χ0) is 101. The van der Waals surface area contributed by atoms with Crippen LogP contribution >= 0.6 is 0 Å². The number of benzene rings is 4. The number of ketones is 2. The minimum Gasteiger partial charge on any atom is -0.480 e. The number of unbranched alkanes of at least 4 members (excludes halogenated alkanes) is 2. The Hall–Kier alpha value is -11.2. The van der Waals surface area contributed by atoms with E-state index in [1.807, 2.05) is 88.4 Å². The summed E-state index contributed by atoms with van der Waals surface area (Å²) in [6, 6.07) is 26.2. The second-order valence-electron chi connectivity index (χ2n) is 38.7. The number of carbonyl (C=O) groups is 14. The molecule has 4 aromatic carbocycles. The van der Waals surface area contributed by atoms with Crippen LogP contribution in [0.25, 0.3) is 0 Å². The van der Waals surface area contributed by atoms with Gasteiger partial charge in [-0.15, -0.1) is 0 Å². The zero-order valence-corrected chi connectivity index (χ0v) is 81.5. The molecule has 742 valence electrons. The van der Waals surface area contributed by atoms with Crippen LogP contribution in [0.4, 0.5) is 32.3 Å². The van der Waals surface area contributed by atoms with E-state index < -0.39 is 148 Å². The number of methoxy groups -OCH3 is 2. The predicted molar refractivity (Wildman–Crippen MR) is 499 cm³/mol. The molecular weight excluding hydrogens is 1720 g/mol. The molecule has 9 amide bonds. The predicted octanol–water partition coefficient (Wildman–Crippen LogP) is 13.6. The largest absolute Gasteiger partial charge is 0.480 e. The first-order valence-corrected chi connectivity index (χ1v) is 45.7. The Bertz CT molecular complexity index is 4360.